The van der Waals surface area contributed by atoms with Crippen LogP contribution < -0.4 is 4.74 Å². The van der Waals surface area contributed by atoms with E-state index >= 15 is 0 Å². The fourth-order valence-electron chi connectivity index (χ4n) is 4.66. The second kappa shape index (κ2) is 12.7. The Hall–Kier alpha value is -2.56. The molecule has 0 bridgehead atoms. The zero-order chi connectivity index (χ0) is 29.6. The number of aryl methyl sites for hydroxylation is 2. The molecule has 0 heterocycles. The first-order chi connectivity index (χ1) is 18.1. The van der Waals surface area contributed by atoms with E-state index in [-0.39, 0.29) is 24.9 Å². The number of halogens is 6. The van der Waals surface area contributed by atoms with Crippen molar-refractivity contribution in [3.05, 3.63) is 70.3 Å². The van der Waals surface area contributed by atoms with Crippen molar-refractivity contribution in [3.8, 4) is 5.75 Å². The lowest BCUT2D eigenvalue weighted by Crippen LogP contribution is -2.55. The summed E-state index contributed by atoms with van der Waals surface area (Å²) in [5, 5.41) is 28.3. The molecule has 0 amide bonds. The second-order valence-corrected chi connectivity index (χ2v) is 9.77. The summed E-state index contributed by atoms with van der Waals surface area (Å²) in [4.78, 5) is 0. The van der Waals surface area contributed by atoms with E-state index in [0.29, 0.717) is 43.1 Å². The van der Waals surface area contributed by atoms with Gasteiger partial charge in [-0.2, -0.15) is 26.3 Å². The SMILES string of the molecule is CCC(CC)(c1ccc(C=CC(O)(C(F)(F)F)C(F)(F)F)c(C)c1)c1ccc(OCC(O)CCCO)c(C)c1. The average molecular weight is 563 g/mol. The van der Waals surface area contributed by atoms with Crippen LogP contribution in [0.1, 0.15) is 67.3 Å². The summed E-state index contributed by atoms with van der Waals surface area (Å²) in [7, 11) is 0. The molecule has 10 heteroatoms. The molecule has 39 heavy (non-hydrogen) atoms. The maximum absolute atomic E-state index is 13.0. The molecule has 0 aliphatic rings. The number of alkyl halides is 6. The summed E-state index contributed by atoms with van der Waals surface area (Å²) in [5.41, 5.74) is -2.24. The van der Waals surface area contributed by atoms with Crippen molar-refractivity contribution in [1.82, 2.24) is 0 Å². The molecule has 2 aromatic rings. The lowest BCUT2D eigenvalue weighted by Gasteiger charge is -2.34. The number of aliphatic hydroxyl groups excluding tert-OH is 2. The Morgan fingerprint density at radius 3 is 1.87 bits per heavy atom. The number of aliphatic hydroxyl groups is 3. The Bertz CT molecular complexity index is 1110. The van der Waals surface area contributed by atoms with Gasteiger partial charge in [-0.1, -0.05) is 50.3 Å². The minimum Gasteiger partial charge on any atom is -0.491 e. The smallest absolute Gasteiger partial charge is 0.430 e. The van der Waals surface area contributed by atoms with Crippen LogP contribution >= 0.6 is 0 Å². The van der Waals surface area contributed by atoms with Crippen LogP contribution in [0, 0.1) is 13.8 Å². The standard InChI is InChI=1S/C29H36F6O4/c1-5-26(6-2,23-11-12-25(20(4)17-23)39-18-24(37)8-7-15-36)22-10-9-21(19(3)16-22)13-14-27(38,28(30,31)32)29(33,34)35/h9-14,16-17,24,36-38H,5-8,15,18H2,1-4H3. The molecule has 0 aliphatic carbocycles. The molecule has 2 aromatic carbocycles. The molecule has 1 atom stereocenters. The quantitative estimate of drug-likeness (QED) is 0.249. The van der Waals surface area contributed by atoms with E-state index in [0.717, 1.165) is 16.7 Å². The third-order valence-corrected chi connectivity index (χ3v) is 7.25. The van der Waals surface area contributed by atoms with E-state index in [1.807, 2.05) is 39.0 Å². The van der Waals surface area contributed by atoms with Crippen molar-refractivity contribution in [1.29, 1.82) is 0 Å². The number of hydrogen-bond donors (Lipinski definition) is 3. The Kier molecular flexibility index (Phi) is 10.7. The maximum Gasteiger partial charge on any atom is 0.430 e. The minimum absolute atomic E-state index is 0.0129. The zero-order valence-electron chi connectivity index (χ0n) is 22.5. The zero-order valence-corrected chi connectivity index (χ0v) is 22.5. The molecule has 2 rings (SSSR count). The summed E-state index contributed by atoms with van der Waals surface area (Å²) < 4.78 is 84.1. The van der Waals surface area contributed by atoms with Gasteiger partial charge in [0.25, 0.3) is 5.60 Å². The largest absolute Gasteiger partial charge is 0.491 e. The minimum atomic E-state index is -5.93. The van der Waals surface area contributed by atoms with Crippen LogP contribution in [0.15, 0.2) is 42.5 Å². The van der Waals surface area contributed by atoms with Crippen LogP contribution in [0.4, 0.5) is 26.3 Å². The normalized spacial score (nSPS) is 14.2. The summed E-state index contributed by atoms with van der Waals surface area (Å²) in [5.74, 6) is 0.599. The molecule has 1 unspecified atom stereocenters. The van der Waals surface area contributed by atoms with Gasteiger partial charge >= 0.3 is 12.4 Å². The lowest BCUT2D eigenvalue weighted by atomic mass is 9.70. The fraction of sp³-hybridized carbons (Fsp3) is 0.517. The van der Waals surface area contributed by atoms with E-state index in [1.54, 1.807) is 19.1 Å². The fourth-order valence-corrected chi connectivity index (χ4v) is 4.66. The summed E-state index contributed by atoms with van der Waals surface area (Å²) in [6.07, 6.45) is -9.97. The molecule has 0 aromatic heterocycles. The van der Waals surface area contributed by atoms with Crippen molar-refractivity contribution in [2.75, 3.05) is 13.2 Å². The predicted octanol–water partition coefficient (Wildman–Crippen LogP) is 6.79. The molecule has 0 saturated carbocycles. The maximum atomic E-state index is 13.0. The van der Waals surface area contributed by atoms with Gasteiger partial charge in [0.1, 0.15) is 12.4 Å². The third kappa shape index (κ3) is 7.15. The van der Waals surface area contributed by atoms with Gasteiger partial charge in [0.2, 0.25) is 0 Å². The van der Waals surface area contributed by atoms with Crippen LogP contribution in [0.25, 0.3) is 6.08 Å². The number of ether oxygens (including phenoxy) is 1. The Morgan fingerprint density at radius 2 is 1.41 bits per heavy atom. The van der Waals surface area contributed by atoms with Crippen LogP contribution in [0.2, 0.25) is 0 Å². The Labute approximate surface area is 224 Å². The molecule has 0 saturated heterocycles. The van der Waals surface area contributed by atoms with Gasteiger partial charge in [-0.15, -0.1) is 0 Å². The summed E-state index contributed by atoms with van der Waals surface area (Å²) in [6.45, 7) is 7.52. The van der Waals surface area contributed by atoms with Gasteiger partial charge in [-0.25, -0.2) is 0 Å². The van der Waals surface area contributed by atoms with Gasteiger partial charge in [-0.05, 0) is 79.5 Å². The molecular weight excluding hydrogens is 526 g/mol. The molecular formula is C29H36F6O4. The first kappa shape index (κ1) is 32.7. The van der Waals surface area contributed by atoms with Crippen LogP contribution in [-0.2, 0) is 5.41 Å². The summed E-state index contributed by atoms with van der Waals surface area (Å²) in [6, 6.07) is 10.6. The first-order valence-electron chi connectivity index (χ1n) is 12.7. The Morgan fingerprint density at radius 1 is 0.872 bits per heavy atom. The van der Waals surface area contributed by atoms with Crippen molar-refractivity contribution in [2.45, 2.75) is 82.9 Å². The number of benzene rings is 2. The highest BCUT2D eigenvalue weighted by atomic mass is 19.4. The van der Waals surface area contributed by atoms with E-state index in [2.05, 4.69) is 0 Å². The second-order valence-electron chi connectivity index (χ2n) is 9.77. The van der Waals surface area contributed by atoms with E-state index in [9.17, 15) is 36.6 Å². The van der Waals surface area contributed by atoms with Crippen molar-refractivity contribution >= 4 is 6.08 Å². The van der Waals surface area contributed by atoms with Crippen LogP contribution in [-0.4, -0.2) is 52.6 Å². The third-order valence-electron chi connectivity index (χ3n) is 7.25. The first-order valence-corrected chi connectivity index (χ1v) is 12.7. The molecule has 0 fully saturated rings. The Balaban J connectivity index is 2.40. The van der Waals surface area contributed by atoms with Crippen LogP contribution in [0.3, 0.4) is 0 Å². The lowest BCUT2D eigenvalue weighted by molar-refractivity contribution is -0.347. The molecule has 4 nitrogen and oxygen atoms in total. The van der Waals surface area contributed by atoms with Gasteiger partial charge in [0.15, 0.2) is 0 Å². The topological polar surface area (TPSA) is 69.9 Å². The molecule has 218 valence electrons. The molecule has 0 radical (unpaired) electrons. The predicted molar refractivity (Wildman–Crippen MR) is 138 cm³/mol. The van der Waals surface area contributed by atoms with Gasteiger partial charge in [-0.3, -0.25) is 0 Å². The van der Waals surface area contributed by atoms with Crippen molar-refractivity contribution < 1.29 is 46.4 Å². The van der Waals surface area contributed by atoms with Crippen LogP contribution in [0.5, 0.6) is 5.75 Å². The van der Waals surface area contributed by atoms with E-state index in [1.165, 1.54) is 6.07 Å². The molecule has 0 aliphatic heterocycles. The monoisotopic (exact) mass is 562 g/mol. The number of hydrogen-bond acceptors (Lipinski definition) is 4. The highest BCUT2D eigenvalue weighted by Crippen LogP contribution is 2.45. The van der Waals surface area contributed by atoms with Gasteiger partial charge in [0, 0.05) is 12.0 Å². The van der Waals surface area contributed by atoms with E-state index < -0.39 is 29.5 Å². The highest BCUT2D eigenvalue weighted by molar-refractivity contribution is 5.57. The van der Waals surface area contributed by atoms with Gasteiger partial charge in [0.05, 0.1) is 6.10 Å². The van der Waals surface area contributed by atoms with E-state index in [4.69, 9.17) is 9.84 Å². The summed E-state index contributed by atoms with van der Waals surface area (Å²) >= 11 is 0. The number of rotatable bonds is 12. The van der Waals surface area contributed by atoms with Crippen molar-refractivity contribution in [2.24, 2.45) is 0 Å². The van der Waals surface area contributed by atoms with Crippen molar-refractivity contribution in [3.63, 3.8) is 0 Å². The average Bonchev–Trinajstić information content (AvgIpc) is 2.86. The van der Waals surface area contributed by atoms with Gasteiger partial charge < -0.3 is 20.1 Å². The highest BCUT2D eigenvalue weighted by Gasteiger charge is 2.68. The molecule has 0 spiro atoms. The molecule has 3 N–H and O–H groups in total.